The Bertz CT molecular complexity index is 908. The van der Waals surface area contributed by atoms with Crippen molar-refractivity contribution < 1.29 is 8.91 Å². The van der Waals surface area contributed by atoms with Gasteiger partial charge >= 0.3 is 0 Å². The van der Waals surface area contributed by atoms with Gasteiger partial charge in [0.15, 0.2) is 0 Å². The van der Waals surface area contributed by atoms with E-state index < -0.39 is 0 Å². The van der Waals surface area contributed by atoms with Crippen LogP contribution in [0.5, 0.6) is 0 Å². The Morgan fingerprint density at radius 1 is 1.11 bits per heavy atom. The zero-order valence-corrected chi connectivity index (χ0v) is 15.9. The molecule has 4 rings (SSSR count). The van der Waals surface area contributed by atoms with E-state index in [0.29, 0.717) is 29.3 Å². The number of hydrogen-bond acceptors (Lipinski definition) is 7. The number of benzene rings is 1. The molecule has 8 heteroatoms. The van der Waals surface area contributed by atoms with E-state index >= 15 is 0 Å². The van der Waals surface area contributed by atoms with Crippen LogP contribution in [0.1, 0.15) is 17.9 Å². The van der Waals surface area contributed by atoms with Crippen molar-refractivity contribution in [3.8, 4) is 11.4 Å². The topological polar surface area (TPSA) is 71.2 Å². The second kappa shape index (κ2) is 8.43. The zero-order chi connectivity index (χ0) is 19.3. The molecule has 0 amide bonds. The number of aryl methyl sites for hydroxylation is 2. The van der Waals surface area contributed by atoms with Crippen LogP contribution in [0.25, 0.3) is 11.4 Å². The summed E-state index contributed by atoms with van der Waals surface area (Å²) in [5, 5.41) is 3.98. The molecule has 7 nitrogen and oxygen atoms in total. The molecule has 146 valence electrons. The molecule has 3 aromatic rings. The number of piperazine rings is 1. The lowest BCUT2D eigenvalue weighted by atomic mass is 10.1. The molecule has 2 aromatic heterocycles. The summed E-state index contributed by atoms with van der Waals surface area (Å²) in [7, 11) is 0. The lowest BCUT2D eigenvalue weighted by Gasteiger charge is -2.34. The van der Waals surface area contributed by atoms with Gasteiger partial charge in [-0.05, 0) is 37.6 Å². The van der Waals surface area contributed by atoms with E-state index in [1.165, 1.54) is 6.07 Å². The third-order valence-corrected chi connectivity index (χ3v) is 4.97. The number of rotatable bonds is 6. The average molecular weight is 382 g/mol. The fourth-order valence-electron chi connectivity index (χ4n) is 3.29. The van der Waals surface area contributed by atoms with Crippen LogP contribution in [-0.2, 0) is 6.42 Å². The van der Waals surface area contributed by atoms with Gasteiger partial charge < -0.3 is 9.42 Å². The molecule has 0 spiro atoms. The molecular formula is C20H23FN6O. The van der Waals surface area contributed by atoms with Crippen molar-refractivity contribution in [1.29, 1.82) is 0 Å². The highest BCUT2D eigenvalue weighted by molar-refractivity contribution is 5.54. The van der Waals surface area contributed by atoms with Gasteiger partial charge in [0, 0.05) is 50.6 Å². The fraction of sp³-hybridized carbons (Fsp3) is 0.400. The Labute approximate surface area is 163 Å². The molecule has 0 radical (unpaired) electrons. The first-order chi connectivity index (χ1) is 13.7. The van der Waals surface area contributed by atoms with E-state index in [0.717, 1.165) is 45.1 Å². The maximum Gasteiger partial charge on any atom is 0.227 e. The van der Waals surface area contributed by atoms with Gasteiger partial charge in [-0.25, -0.2) is 14.4 Å². The fourth-order valence-corrected chi connectivity index (χ4v) is 3.29. The Morgan fingerprint density at radius 3 is 2.64 bits per heavy atom. The van der Waals surface area contributed by atoms with Crippen molar-refractivity contribution >= 4 is 5.95 Å². The second-order valence-corrected chi connectivity index (χ2v) is 6.96. The van der Waals surface area contributed by atoms with Gasteiger partial charge in [0.1, 0.15) is 5.82 Å². The maximum atomic E-state index is 13.7. The number of aromatic nitrogens is 4. The van der Waals surface area contributed by atoms with Crippen molar-refractivity contribution in [2.75, 3.05) is 37.6 Å². The number of anilines is 1. The number of hydrogen-bond donors (Lipinski definition) is 0. The molecule has 1 aliphatic rings. The standard InChI is InChI=1S/C20H23FN6O/c1-15-5-6-16(14-17(15)21)19-24-18(28-25-19)4-2-9-26-10-12-27(13-11-26)20-22-7-3-8-23-20/h3,5-8,14H,2,4,9-13H2,1H3. The lowest BCUT2D eigenvalue weighted by molar-refractivity contribution is 0.249. The normalized spacial score (nSPS) is 15.1. The minimum Gasteiger partial charge on any atom is -0.339 e. The lowest BCUT2D eigenvalue weighted by Crippen LogP contribution is -2.47. The molecule has 1 aliphatic heterocycles. The molecule has 3 heterocycles. The largest absolute Gasteiger partial charge is 0.339 e. The molecule has 1 aromatic carbocycles. The molecule has 0 bridgehead atoms. The summed E-state index contributed by atoms with van der Waals surface area (Å²) in [6.45, 7) is 6.52. The van der Waals surface area contributed by atoms with E-state index in [9.17, 15) is 4.39 Å². The molecule has 28 heavy (non-hydrogen) atoms. The predicted octanol–water partition coefficient (Wildman–Crippen LogP) is 2.73. The summed E-state index contributed by atoms with van der Waals surface area (Å²) in [5.74, 6) is 1.56. The van der Waals surface area contributed by atoms with E-state index in [2.05, 4.69) is 29.9 Å². The average Bonchev–Trinajstić information content (AvgIpc) is 3.20. The molecule has 0 saturated carbocycles. The van der Waals surface area contributed by atoms with Crippen molar-refractivity contribution in [2.45, 2.75) is 19.8 Å². The van der Waals surface area contributed by atoms with Crippen LogP contribution in [0, 0.1) is 12.7 Å². The van der Waals surface area contributed by atoms with Crippen LogP contribution in [0.15, 0.2) is 41.2 Å². The molecular weight excluding hydrogens is 359 g/mol. The molecule has 0 atom stereocenters. The minimum atomic E-state index is -0.260. The highest BCUT2D eigenvalue weighted by atomic mass is 19.1. The third kappa shape index (κ3) is 4.33. The van der Waals surface area contributed by atoms with Crippen molar-refractivity contribution in [3.05, 3.63) is 53.9 Å². The SMILES string of the molecule is Cc1ccc(-c2noc(CCCN3CCN(c4ncccn4)CC3)n2)cc1F. The molecule has 0 aliphatic carbocycles. The zero-order valence-electron chi connectivity index (χ0n) is 15.9. The highest BCUT2D eigenvalue weighted by Crippen LogP contribution is 2.19. The third-order valence-electron chi connectivity index (χ3n) is 4.97. The summed E-state index contributed by atoms with van der Waals surface area (Å²) in [6.07, 6.45) is 5.20. The Kier molecular flexibility index (Phi) is 5.57. The van der Waals surface area contributed by atoms with Crippen LogP contribution in [0.4, 0.5) is 10.3 Å². The monoisotopic (exact) mass is 382 g/mol. The first-order valence-corrected chi connectivity index (χ1v) is 9.52. The van der Waals surface area contributed by atoms with E-state index in [-0.39, 0.29) is 5.82 Å². The van der Waals surface area contributed by atoms with E-state index in [1.807, 2.05) is 12.1 Å². The Hall–Kier alpha value is -2.87. The van der Waals surface area contributed by atoms with Gasteiger partial charge in [-0.1, -0.05) is 17.3 Å². The summed E-state index contributed by atoms with van der Waals surface area (Å²) in [4.78, 5) is 17.7. The van der Waals surface area contributed by atoms with Crippen LogP contribution in [0.2, 0.25) is 0 Å². The molecule has 1 saturated heterocycles. The summed E-state index contributed by atoms with van der Waals surface area (Å²) < 4.78 is 19.0. The van der Waals surface area contributed by atoms with Gasteiger partial charge in [0.25, 0.3) is 0 Å². The number of nitrogens with zero attached hydrogens (tertiary/aromatic N) is 6. The highest BCUT2D eigenvalue weighted by Gasteiger charge is 2.18. The Morgan fingerprint density at radius 2 is 1.89 bits per heavy atom. The first-order valence-electron chi connectivity index (χ1n) is 9.52. The van der Waals surface area contributed by atoms with Crippen molar-refractivity contribution in [1.82, 2.24) is 25.0 Å². The van der Waals surface area contributed by atoms with Crippen LogP contribution in [-0.4, -0.2) is 57.7 Å². The second-order valence-electron chi connectivity index (χ2n) is 6.96. The number of halogens is 1. The van der Waals surface area contributed by atoms with Crippen LogP contribution in [0.3, 0.4) is 0 Å². The van der Waals surface area contributed by atoms with Crippen molar-refractivity contribution in [2.24, 2.45) is 0 Å². The van der Waals surface area contributed by atoms with Gasteiger partial charge in [0.2, 0.25) is 17.7 Å². The smallest absolute Gasteiger partial charge is 0.227 e. The van der Waals surface area contributed by atoms with Crippen LogP contribution < -0.4 is 4.90 Å². The first kappa shape index (κ1) is 18.5. The predicted molar refractivity (Wildman–Crippen MR) is 103 cm³/mol. The summed E-state index contributed by atoms with van der Waals surface area (Å²) >= 11 is 0. The molecule has 0 N–H and O–H groups in total. The molecule has 0 unspecified atom stereocenters. The summed E-state index contributed by atoms with van der Waals surface area (Å²) in [5.41, 5.74) is 1.24. The summed E-state index contributed by atoms with van der Waals surface area (Å²) in [6, 6.07) is 6.81. The van der Waals surface area contributed by atoms with E-state index in [4.69, 9.17) is 4.52 Å². The minimum absolute atomic E-state index is 0.260. The Balaban J connectivity index is 1.24. The van der Waals surface area contributed by atoms with Gasteiger partial charge in [-0.2, -0.15) is 4.98 Å². The van der Waals surface area contributed by atoms with Gasteiger partial charge in [-0.3, -0.25) is 4.90 Å². The quantitative estimate of drug-likeness (QED) is 0.649. The van der Waals surface area contributed by atoms with Crippen LogP contribution >= 0.6 is 0 Å². The van der Waals surface area contributed by atoms with Crippen molar-refractivity contribution in [3.63, 3.8) is 0 Å². The van der Waals surface area contributed by atoms with Gasteiger partial charge in [0.05, 0.1) is 0 Å². The van der Waals surface area contributed by atoms with Gasteiger partial charge in [-0.15, -0.1) is 0 Å². The molecule has 1 fully saturated rings. The van der Waals surface area contributed by atoms with E-state index in [1.54, 1.807) is 25.4 Å². The maximum absolute atomic E-state index is 13.7.